The van der Waals surface area contributed by atoms with Gasteiger partial charge < -0.3 is 10.6 Å². The van der Waals surface area contributed by atoms with Crippen molar-refractivity contribution >= 4 is 5.91 Å². The first-order valence-corrected chi connectivity index (χ1v) is 9.07. The van der Waals surface area contributed by atoms with Crippen molar-refractivity contribution in [1.82, 2.24) is 25.6 Å². The first-order chi connectivity index (χ1) is 11.2. The van der Waals surface area contributed by atoms with Crippen LogP contribution in [0.3, 0.4) is 0 Å². The van der Waals surface area contributed by atoms with E-state index in [-0.39, 0.29) is 5.91 Å². The molecule has 2 heterocycles. The number of piperidine rings is 1. The lowest BCUT2D eigenvalue weighted by molar-refractivity contribution is 0.0948. The van der Waals surface area contributed by atoms with E-state index in [0.29, 0.717) is 11.7 Å². The summed E-state index contributed by atoms with van der Waals surface area (Å²) >= 11 is 0. The molecule has 0 unspecified atom stereocenters. The molecule has 1 aromatic rings. The average molecular weight is 321 g/mol. The summed E-state index contributed by atoms with van der Waals surface area (Å²) in [7, 11) is 0. The Morgan fingerprint density at radius 1 is 1.30 bits per heavy atom. The van der Waals surface area contributed by atoms with E-state index in [9.17, 15) is 4.79 Å². The third kappa shape index (κ3) is 6.29. The molecule has 2 N–H and O–H groups in total. The van der Waals surface area contributed by atoms with Crippen molar-refractivity contribution < 1.29 is 4.79 Å². The molecule has 0 aliphatic carbocycles. The van der Waals surface area contributed by atoms with Crippen molar-refractivity contribution in [2.45, 2.75) is 64.8 Å². The summed E-state index contributed by atoms with van der Waals surface area (Å²) in [5.41, 5.74) is 0.434. The molecule has 0 aromatic carbocycles. The van der Waals surface area contributed by atoms with E-state index in [1.54, 1.807) is 6.20 Å². The topological polar surface area (TPSA) is 71.8 Å². The van der Waals surface area contributed by atoms with Crippen LogP contribution in [0.25, 0.3) is 0 Å². The Morgan fingerprint density at radius 3 is 2.78 bits per heavy atom. The fourth-order valence-electron chi connectivity index (χ4n) is 2.95. The monoisotopic (exact) mass is 321 g/mol. The highest BCUT2D eigenvalue weighted by molar-refractivity contribution is 5.91. The highest BCUT2D eigenvalue weighted by Gasteiger charge is 2.18. The largest absolute Gasteiger partial charge is 0.351 e. The minimum atomic E-state index is -0.104. The molecule has 1 aromatic heterocycles. The van der Waals surface area contributed by atoms with Crippen LogP contribution >= 0.6 is 0 Å². The quantitative estimate of drug-likeness (QED) is 0.686. The summed E-state index contributed by atoms with van der Waals surface area (Å²) < 4.78 is 1.85. The Bertz CT molecular complexity index is 465. The Morgan fingerprint density at radius 2 is 2.04 bits per heavy atom. The Kier molecular flexibility index (Phi) is 7.52. The SMILES string of the molecule is CC(C)CCCCCCNC(=O)c1cn(C2CCNCC2)nn1. The number of amides is 1. The highest BCUT2D eigenvalue weighted by atomic mass is 16.2. The van der Waals surface area contributed by atoms with Crippen LogP contribution in [0.4, 0.5) is 0 Å². The summed E-state index contributed by atoms with van der Waals surface area (Å²) in [6.07, 6.45) is 9.92. The number of unbranched alkanes of at least 4 members (excludes halogenated alkanes) is 3. The minimum absolute atomic E-state index is 0.104. The van der Waals surface area contributed by atoms with Gasteiger partial charge in [0.2, 0.25) is 0 Å². The van der Waals surface area contributed by atoms with Gasteiger partial charge in [-0.05, 0) is 38.3 Å². The second kappa shape index (κ2) is 9.65. The van der Waals surface area contributed by atoms with Crippen molar-refractivity contribution in [2.75, 3.05) is 19.6 Å². The number of carbonyl (C=O) groups is 1. The predicted molar refractivity (Wildman–Crippen MR) is 91.4 cm³/mol. The van der Waals surface area contributed by atoms with Crippen LogP contribution < -0.4 is 10.6 Å². The smallest absolute Gasteiger partial charge is 0.273 e. The molecule has 130 valence electrons. The van der Waals surface area contributed by atoms with Crippen molar-refractivity contribution in [3.8, 4) is 0 Å². The molecule has 1 saturated heterocycles. The van der Waals surface area contributed by atoms with E-state index in [0.717, 1.165) is 44.8 Å². The van der Waals surface area contributed by atoms with Gasteiger partial charge in [0.15, 0.2) is 5.69 Å². The van der Waals surface area contributed by atoms with E-state index in [1.807, 2.05) is 4.68 Å². The Hall–Kier alpha value is -1.43. The van der Waals surface area contributed by atoms with Crippen molar-refractivity contribution in [2.24, 2.45) is 5.92 Å². The third-order valence-corrected chi connectivity index (χ3v) is 4.42. The average Bonchev–Trinajstić information content (AvgIpc) is 3.04. The number of nitrogens with zero attached hydrogens (tertiary/aromatic N) is 3. The first kappa shape index (κ1) is 17.9. The van der Waals surface area contributed by atoms with Crippen LogP contribution in [0.5, 0.6) is 0 Å². The maximum absolute atomic E-state index is 12.1. The fraction of sp³-hybridized carbons (Fsp3) is 0.824. The molecule has 2 rings (SSSR count). The standard InChI is InChI=1S/C17H31N5O/c1-14(2)7-5-3-4-6-10-19-17(23)16-13-22(21-20-16)15-8-11-18-12-9-15/h13-15,18H,3-12H2,1-2H3,(H,19,23). The van der Waals surface area contributed by atoms with Crippen molar-refractivity contribution in [3.63, 3.8) is 0 Å². The van der Waals surface area contributed by atoms with Gasteiger partial charge in [0.1, 0.15) is 0 Å². The number of nitrogens with one attached hydrogen (secondary N) is 2. The molecule has 0 radical (unpaired) electrons. The zero-order valence-electron chi connectivity index (χ0n) is 14.6. The molecular formula is C17H31N5O. The molecule has 0 atom stereocenters. The summed E-state index contributed by atoms with van der Waals surface area (Å²) in [6.45, 7) is 7.25. The van der Waals surface area contributed by atoms with Crippen LogP contribution in [-0.4, -0.2) is 40.5 Å². The summed E-state index contributed by atoms with van der Waals surface area (Å²) in [5, 5.41) is 14.4. The second-order valence-electron chi connectivity index (χ2n) is 6.92. The maximum atomic E-state index is 12.1. The molecule has 23 heavy (non-hydrogen) atoms. The molecule has 6 nitrogen and oxygen atoms in total. The van der Waals surface area contributed by atoms with Gasteiger partial charge in [-0.3, -0.25) is 4.79 Å². The molecule has 6 heteroatoms. The van der Waals surface area contributed by atoms with Gasteiger partial charge in [-0.1, -0.05) is 44.7 Å². The zero-order chi connectivity index (χ0) is 16.5. The van der Waals surface area contributed by atoms with Gasteiger partial charge in [-0.2, -0.15) is 0 Å². The van der Waals surface area contributed by atoms with Gasteiger partial charge in [0, 0.05) is 6.54 Å². The third-order valence-electron chi connectivity index (χ3n) is 4.42. The molecule has 1 aliphatic heterocycles. The van der Waals surface area contributed by atoms with E-state index in [1.165, 1.54) is 25.7 Å². The fourth-order valence-corrected chi connectivity index (χ4v) is 2.95. The van der Waals surface area contributed by atoms with Crippen LogP contribution in [-0.2, 0) is 0 Å². The highest BCUT2D eigenvalue weighted by Crippen LogP contribution is 2.17. The Labute approximate surface area is 139 Å². The first-order valence-electron chi connectivity index (χ1n) is 9.07. The lowest BCUT2D eigenvalue weighted by Crippen LogP contribution is -2.29. The maximum Gasteiger partial charge on any atom is 0.273 e. The van der Waals surface area contributed by atoms with Crippen LogP contribution in [0.15, 0.2) is 6.20 Å². The molecule has 1 amide bonds. The predicted octanol–water partition coefficient (Wildman–Crippen LogP) is 2.54. The number of aromatic nitrogens is 3. The summed E-state index contributed by atoms with van der Waals surface area (Å²) in [6, 6.07) is 0.367. The zero-order valence-corrected chi connectivity index (χ0v) is 14.6. The molecule has 0 saturated carbocycles. The Balaban J connectivity index is 1.63. The summed E-state index contributed by atoms with van der Waals surface area (Å²) in [5.74, 6) is 0.685. The molecule has 0 spiro atoms. The van der Waals surface area contributed by atoms with E-state index >= 15 is 0 Å². The van der Waals surface area contributed by atoms with Gasteiger partial charge in [0.25, 0.3) is 5.91 Å². The van der Waals surface area contributed by atoms with E-state index in [4.69, 9.17) is 0 Å². The van der Waals surface area contributed by atoms with Gasteiger partial charge in [0.05, 0.1) is 12.2 Å². The van der Waals surface area contributed by atoms with E-state index < -0.39 is 0 Å². The van der Waals surface area contributed by atoms with E-state index in [2.05, 4.69) is 34.8 Å². The minimum Gasteiger partial charge on any atom is -0.351 e. The van der Waals surface area contributed by atoms with Crippen LogP contribution in [0, 0.1) is 5.92 Å². The number of hydrogen-bond acceptors (Lipinski definition) is 4. The van der Waals surface area contributed by atoms with Gasteiger partial charge in [-0.15, -0.1) is 5.10 Å². The number of carbonyl (C=O) groups excluding carboxylic acids is 1. The summed E-state index contributed by atoms with van der Waals surface area (Å²) in [4.78, 5) is 12.1. The van der Waals surface area contributed by atoms with Gasteiger partial charge in [-0.25, -0.2) is 4.68 Å². The van der Waals surface area contributed by atoms with Crippen molar-refractivity contribution in [1.29, 1.82) is 0 Å². The molecule has 1 fully saturated rings. The molecule has 1 aliphatic rings. The van der Waals surface area contributed by atoms with Crippen molar-refractivity contribution in [3.05, 3.63) is 11.9 Å². The normalized spacial score (nSPS) is 16.0. The second-order valence-corrected chi connectivity index (χ2v) is 6.92. The molecule has 0 bridgehead atoms. The lowest BCUT2D eigenvalue weighted by atomic mass is 10.0. The number of hydrogen-bond donors (Lipinski definition) is 2. The number of rotatable bonds is 9. The lowest BCUT2D eigenvalue weighted by Gasteiger charge is -2.22. The molecular weight excluding hydrogens is 290 g/mol. The van der Waals surface area contributed by atoms with Gasteiger partial charge >= 0.3 is 0 Å². The van der Waals surface area contributed by atoms with Crippen LogP contribution in [0.2, 0.25) is 0 Å². The van der Waals surface area contributed by atoms with Crippen LogP contribution in [0.1, 0.15) is 75.3 Å².